The highest BCUT2D eigenvalue weighted by Crippen LogP contribution is 2.59. The number of hydrogen-bond acceptors (Lipinski definition) is 3. The lowest BCUT2D eigenvalue weighted by Gasteiger charge is -2.50. The van der Waals surface area contributed by atoms with Gasteiger partial charge in [0.25, 0.3) is 0 Å². The Morgan fingerprint density at radius 1 is 1.18 bits per heavy atom. The molecule has 0 spiro atoms. The maximum absolute atomic E-state index is 14.0. The van der Waals surface area contributed by atoms with E-state index in [1.54, 1.807) is 0 Å². The van der Waals surface area contributed by atoms with Crippen molar-refractivity contribution in [3.05, 3.63) is 63.1 Å². The van der Waals surface area contributed by atoms with Crippen molar-refractivity contribution in [3.8, 4) is 11.8 Å². The normalized spacial score (nSPS) is 24.7. The SMILES string of the molecule is COC(=O)[C@]1(C)CCC[C@]2(C)c3cc(Cl)c(C(C)C)c(Cl)c3N(CCCC#Cc3ccccc3)C(=O)C[C@@H]12. The van der Waals surface area contributed by atoms with Crippen LogP contribution in [0.1, 0.15) is 88.8 Å². The largest absolute Gasteiger partial charge is 0.469 e. The molecule has 0 unspecified atom stereocenters. The third kappa shape index (κ3) is 5.08. The molecule has 2 aromatic rings. The van der Waals surface area contributed by atoms with Crippen molar-refractivity contribution >= 4 is 40.8 Å². The van der Waals surface area contributed by atoms with E-state index in [-0.39, 0.29) is 30.1 Å². The van der Waals surface area contributed by atoms with Crippen LogP contribution in [0.5, 0.6) is 0 Å². The van der Waals surface area contributed by atoms with Crippen molar-refractivity contribution < 1.29 is 14.3 Å². The summed E-state index contributed by atoms with van der Waals surface area (Å²) in [7, 11) is 1.43. The van der Waals surface area contributed by atoms with Gasteiger partial charge in [-0.1, -0.05) is 80.4 Å². The van der Waals surface area contributed by atoms with Crippen molar-refractivity contribution in [1.29, 1.82) is 0 Å². The van der Waals surface area contributed by atoms with E-state index in [0.717, 1.165) is 35.2 Å². The van der Waals surface area contributed by atoms with Gasteiger partial charge in [-0.2, -0.15) is 0 Å². The summed E-state index contributed by atoms with van der Waals surface area (Å²) in [6.07, 6.45) is 3.98. The number of fused-ring (bicyclic) bond motifs is 3. The molecule has 3 atom stereocenters. The van der Waals surface area contributed by atoms with Crippen molar-refractivity contribution in [3.63, 3.8) is 0 Å². The van der Waals surface area contributed by atoms with E-state index < -0.39 is 10.8 Å². The van der Waals surface area contributed by atoms with Gasteiger partial charge in [0.05, 0.1) is 23.2 Å². The maximum Gasteiger partial charge on any atom is 0.311 e. The third-order valence-electron chi connectivity index (χ3n) is 8.64. The minimum atomic E-state index is -0.776. The number of esters is 1. The van der Waals surface area contributed by atoms with E-state index >= 15 is 0 Å². The molecule has 1 aliphatic heterocycles. The molecular weight excluding hydrogens is 517 g/mol. The van der Waals surface area contributed by atoms with Crippen molar-refractivity contribution in [2.45, 2.75) is 77.6 Å². The van der Waals surface area contributed by atoms with Crippen LogP contribution in [-0.4, -0.2) is 25.5 Å². The predicted octanol–water partition coefficient (Wildman–Crippen LogP) is 7.92. The minimum absolute atomic E-state index is 0.0213. The molecule has 0 aromatic heterocycles. The lowest BCUT2D eigenvalue weighted by atomic mass is 9.53. The van der Waals surface area contributed by atoms with Gasteiger partial charge in [-0.05, 0) is 72.8 Å². The molecule has 0 radical (unpaired) electrons. The summed E-state index contributed by atoms with van der Waals surface area (Å²) in [6.45, 7) is 8.73. The molecule has 2 aromatic carbocycles. The van der Waals surface area contributed by atoms with Gasteiger partial charge in [-0.25, -0.2) is 0 Å². The second-order valence-corrected chi connectivity index (χ2v) is 12.2. The number of hydrogen-bond donors (Lipinski definition) is 0. The number of rotatable bonds is 5. The van der Waals surface area contributed by atoms with Gasteiger partial charge in [0.2, 0.25) is 5.91 Å². The molecule has 1 saturated carbocycles. The summed E-state index contributed by atoms with van der Waals surface area (Å²) in [4.78, 5) is 29.0. The smallest absolute Gasteiger partial charge is 0.311 e. The highest BCUT2D eigenvalue weighted by atomic mass is 35.5. The summed E-state index contributed by atoms with van der Waals surface area (Å²) < 4.78 is 5.27. The van der Waals surface area contributed by atoms with Crippen molar-refractivity contribution in [1.82, 2.24) is 0 Å². The Hall–Kier alpha value is -2.48. The molecule has 2 aliphatic rings. The molecule has 38 heavy (non-hydrogen) atoms. The molecule has 0 saturated heterocycles. The van der Waals surface area contributed by atoms with Crippen LogP contribution in [0.25, 0.3) is 0 Å². The number of nitrogens with zero attached hydrogens (tertiary/aromatic N) is 1. The fourth-order valence-electron chi connectivity index (χ4n) is 6.63. The van der Waals surface area contributed by atoms with Crippen molar-refractivity contribution in [2.75, 3.05) is 18.6 Å². The fraction of sp³-hybridized carbons (Fsp3) is 0.500. The molecular formula is C32H37Cl2NO3. The molecule has 1 aliphatic carbocycles. The first-order chi connectivity index (χ1) is 18.0. The lowest BCUT2D eigenvalue weighted by molar-refractivity contribution is -0.161. The molecule has 6 heteroatoms. The van der Waals surface area contributed by atoms with Crippen LogP contribution in [-0.2, 0) is 19.7 Å². The fourth-order valence-corrected chi connectivity index (χ4v) is 7.63. The van der Waals surface area contributed by atoms with Crippen LogP contribution in [0.4, 0.5) is 5.69 Å². The van der Waals surface area contributed by atoms with E-state index in [1.165, 1.54) is 7.11 Å². The Bertz CT molecular complexity index is 1280. The van der Waals surface area contributed by atoms with Crippen LogP contribution >= 0.6 is 23.2 Å². The number of anilines is 1. The van der Waals surface area contributed by atoms with E-state index in [9.17, 15) is 9.59 Å². The molecule has 0 bridgehead atoms. The van der Waals surface area contributed by atoms with Gasteiger partial charge >= 0.3 is 5.97 Å². The van der Waals surface area contributed by atoms with Crippen molar-refractivity contribution in [2.24, 2.45) is 11.3 Å². The van der Waals surface area contributed by atoms with Crippen LogP contribution < -0.4 is 4.90 Å². The number of benzene rings is 2. The van der Waals surface area contributed by atoms with Crippen LogP contribution in [0.15, 0.2) is 36.4 Å². The lowest BCUT2D eigenvalue weighted by Crippen LogP contribution is -2.51. The molecule has 202 valence electrons. The number of methoxy groups -OCH3 is 1. The number of carbonyl (C=O) groups excluding carboxylic acids is 2. The first-order valence-electron chi connectivity index (χ1n) is 13.5. The Morgan fingerprint density at radius 2 is 1.89 bits per heavy atom. The van der Waals surface area contributed by atoms with Gasteiger partial charge in [0.15, 0.2) is 0 Å². The standard InChI is InChI=1S/C32H37Cl2NO3/c1-21(2)27-24(33)19-23-29(28(27)34)35(18-11-7-10-15-22-13-8-6-9-14-22)26(36)20-25-31(23,3)16-12-17-32(25,4)30(37)38-5/h6,8-9,13-14,19,21,25H,7,11-12,16-18,20H2,1-5H3/t25-,31-,32-/m1/s1. The average Bonchev–Trinajstić information content (AvgIpc) is 2.97. The zero-order chi connectivity index (χ0) is 27.7. The quantitative estimate of drug-likeness (QED) is 0.214. The molecule has 4 rings (SSSR count). The second-order valence-electron chi connectivity index (χ2n) is 11.4. The highest BCUT2D eigenvalue weighted by Gasteiger charge is 2.57. The average molecular weight is 555 g/mol. The minimum Gasteiger partial charge on any atom is -0.469 e. The molecule has 0 N–H and O–H groups in total. The summed E-state index contributed by atoms with van der Waals surface area (Å²) in [5.41, 5.74) is 2.29. The Kier molecular flexibility index (Phi) is 8.50. The van der Waals surface area contributed by atoms with Gasteiger partial charge in [0.1, 0.15) is 0 Å². The molecule has 4 nitrogen and oxygen atoms in total. The predicted molar refractivity (Wildman–Crippen MR) is 155 cm³/mol. The monoisotopic (exact) mass is 553 g/mol. The number of ether oxygens (including phenoxy) is 1. The number of halogens is 2. The van der Waals surface area contributed by atoms with E-state index in [4.69, 9.17) is 27.9 Å². The summed E-state index contributed by atoms with van der Waals surface area (Å²) in [6, 6.07) is 11.9. The summed E-state index contributed by atoms with van der Waals surface area (Å²) >= 11 is 14.0. The number of carbonyl (C=O) groups is 2. The Balaban J connectivity index is 1.78. The van der Waals surface area contributed by atoms with Gasteiger partial charge in [-0.15, -0.1) is 0 Å². The van der Waals surface area contributed by atoms with Crippen LogP contribution in [0.3, 0.4) is 0 Å². The van der Waals surface area contributed by atoms with Gasteiger partial charge < -0.3 is 9.64 Å². The first-order valence-corrected chi connectivity index (χ1v) is 14.2. The highest BCUT2D eigenvalue weighted by molar-refractivity contribution is 6.38. The maximum atomic E-state index is 14.0. The Morgan fingerprint density at radius 3 is 2.55 bits per heavy atom. The third-order valence-corrected chi connectivity index (χ3v) is 9.34. The van der Waals surface area contributed by atoms with Gasteiger partial charge in [0, 0.05) is 30.0 Å². The second kappa shape index (κ2) is 11.3. The molecule has 1 fully saturated rings. The first kappa shape index (κ1) is 28.5. The molecule has 1 heterocycles. The Labute approximate surface area is 237 Å². The zero-order valence-corrected chi connectivity index (χ0v) is 24.5. The van der Waals surface area contributed by atoms with Crippen LogP contribution in [0, 0.1) is 23.2 Å². The van der Waals surface area contributed by atoms with Crippen LogP contribution in [0.2, 0.25) is 10.0 Å². The summed E-state index contributed by atoms with van der Waals surface area (Å²) in [5, 5.41) is 1.15. The number of unbranched alkanes of at least 4 members (excludes halogenated alkanes) is 1. The summed E-state index contributed by atoms with van der Waals surface area (Å²) in [5.74, 6) is 6.01. The van der Waals surface area contributed by atoms with E-state index in [2.05, 4.69) is 32.6 Å². The molecule has 1 amide bonds. The topological polar surface area (TPSA) is 46.6 Å². The number of amides is 1. The van der Waals surface area contributed by atoms with Gasteiger partial charge in [-0.3, -0.25) is 9.59 Å². The van der Waals surface area contributed by atoms with E-state index in [1.807, 2.05) is 48.2 Å². The zero-order valence-electron chi connectivity index (χ0n) is 23.0. The van der Waals surface area contributed by atoms with E-state index in [0.29, 0.717) is 35.9 Å².